The highest BCUT2D eigenvalue weighted by Gasteiger charge is 2.04. The molecule has 90 valence electrons. The van der Waals surface area contributed by atoms with Gasteiger partial charge in [0.15, 0.2) is 5.82 Å². The predicted molar refractivity (Wildman–Crippen MR) is 64.7 cm³/mol. The summed E-state index contributed by atoms with van der Waals surface area (Å²) < 4.78 is 1.80. The second-order valence-corrected chi connectivity index (χ2v) is 3.62. The lowest BCUT2D eigenvalue weighted by Crippen LogP contribution is -2.17. The lowest BCUT2D eigenvalue weighted by Gasteiger charge is -2.07. The van der Waals surface area contributed by atoms with Crippen LogP contribution in [0.4, 0.5) is 11.5 Å². The average molecular weight is 234 g/mol. The van der Waals surface area contributed by atoms with E-state index in [9.17, 15) is 4.79 Å². The molecule has 2 heterocycles. The van der Waals surface area contributed by atoms with Gasteiger partial charge in [-0.2, -0.15) is 5.10 Å². The van der Waals surface area contributed by atoms with Crippen molar-refractivity contribution in [2.75, 3.05) is 17.6 Å². The Morgan fingerprint density at radius 1 is 1.59 bits per heavy atom. The third-order valence-electron chi connectivity index (χ3n) is 2.49. The number of nitrogens with two attached hydrogens (primary N) is 1. The molecule has 0 radical (unpaired) electrons. The molecule has 0 saturated heterocycles. The van der Waals surface area contributed by atoms with E-state index < -0.39 is 0 Å². The number of aromatic amines is 1. The van der Waals surface area contributed by atoms with Gasteiger partial charge in [-0.15, -0.1) is 0 Å². The summed E-state index contributed by atoms with van der Waals surface area (Å²) in [4.78, 5) is 17.6. The number of nitrogen functional groups attached to an aromatic ring is 1. The lowest BCUT2D eigenvalue weighted by atomic mass is 10.3. The van der Waals surface area contributed by atoms with Crippen LogP contribution in [0.15, 0.2) is 23.4 Å². The number of H-pyrrole nitrogens is 1. The summed E-state index contributed by atoms with van der Waals surface area (Å²) in [7, 11) is 1.88. The van der Waals surface area contributed by atoms with Gasteiger partial charge in [0, 0.05) is 31.9 Å². The third kappa shape index (κ3) is 2.44. The van der Waals surface area contributed by atoms with Gasteiger partial charge in [0.1, 0.15) is 5.69 Å². The molecule has 4 N–H and O–H groups in total. The van der Waals surface area contributed by atoms with Crippen molar-refractivity contribution in [2.24, 2.45) is 7.05 Å². The first-order chi connectivity index (χ1) is 8.18. The lowest BCUT2D eigenvalue weighted by molar-refractivity contribution is 0.711. The molecule has 7 heteroatoms. The maximum Gasteiger partial charge on any atom is 0.276 e. The summed E-state index contributed by atoms with van der Waals surface area (Å²) in [6.45, 7) is 0.639. The molecule has 2 aromatic rings. The Hall–Kier alpha value is -2.31. The molecule has 0 saturated carbocycles. The number of nitrogens with one attached hydrogen (secondary N) is 2. The number of hydrogen-bond acceptors (Lipinski definition) is 5. The molecule has 2 aromatic heterocycles. The van der Waals surface area contributed by atoms with E-state index in [0.717, 1.165) is 12.1 Å². The number of aromatic nitrogens is 4. The first kappa shape index (κ1) is 11.2. The smallest absolute Gasteiger partial charge is 0.276 e. The molecule has 2 rings (SSSR count). The van der Waals surface area contributed by atoms with Crippen molar-refractivity contribution in [1.29, 1.82) is 0 Å². The quantitative estimate of drug-likeness (QED) is 0.676. The molecular weight excluding hydrogens is 220 g/mol. The first-order valence-electron chi connectivity index (χ1n) is 5.22. The van der Waals surface area contributed by atoms with Crippen molar-refractivity contribution in [3.8, 4) is 0 Å². The fourth-order valence-corrected chi connectivity index (χ4v) is 1.51. The Labute approximate surface area is 97.7 Å². The van der Waals surface area contributed by atoms with Crippen LogP contribution in [-0.2, 0) is 13.5 Å². The summed E-state index contributed by atoms with van der Waals surface area (Å²) in [6, 6.07) is 1.94. The van der Waals surface area contributed by atoms with Gasteiger partial charge in [-0.25, -0.2) is 4.98 Å². The highest BCUT2D eigenvalue weighted by Crippen LogP contribution is 2.07. The Bertz CT molecular complexity index is 558. The molecule has 0 bridgehead atoms. The van der Waals surface area contributed by atoms with E-state index in [4.69, 9.17) is 5.73 Å². The Balaban J connectivity index is 1.97. The van der Waals surface area contributed by atoms with Crippen molar-refractivity contribution in [2.45, 2.75) is 6.42 Å². The molecular formula is C10H14N6O. The van der Waals surface area contributed by atoms with Crippen LogP contribution in [-0.4, -0.2) is 26.3 Å². The van der Waals surface area contributed by atoms with Crippen LogP contribution in [0, 0.1) is 0 Å². The Morgan fingerprint density at radius 2 is 2.41 bits per heavy atom. The van der Waals surface area contributed by atoms with Crippen LogP contribution < -0.4 is 16.6 Å². The number of nitrogens with zero attached hydrogens (tertiary/aromatic N) is 3. The SMILES string of the molecule is Cn1nccc1CCNc1nc[nH]c(=O)c1N. The topological polar surface area (TPSA) is 102 Å². The summed E-state index contributed by atoms with van der Waals surface area (Å²) in [5.74, 6) is 0.413. The van der Waals surface area contributed by atoms with E-state index in [1.165, 1.54) is 6.33 Å². The molecule has 0 amide bonds. The van der Waals surface area contributed by atoms with E-state index in [1.807, 2.05) is 13.1 Å². The van der Waals surface area contributed by atoms with Crippen LogP contribution in [0.25, 0.3) is 0 Å². The zero-order chi connectivity index (χ0) is 12.3. The molecule has 0 aromatic carbocycles. The largest absolute Gasteiger partial charge is 0.391 e. The van der Waals surface area contributed by atoms with E-state index in [1.54, 1.807) is 10.9 Å². The average Bonchev–Trinajstić information content (AvgIpc) is 2.71. The summed E-state index contributed by atoms with van der Waals surface area (Å²) >= 11 is 0. The number of rotatable bonds is 4. The first-order valence-corrected chi connectivity index (χ1v) is 5.22. The molecule has 0 unspecified atom stereocenters. The van der Waals surface area contributed by atoms with Gasteiger partial charge < -0.3 is 16.0 Å². The number of anilines is 2. The van der Waals surface area contributed by atoms with Gasteiger partial charge in [0.25, 0.3) is 5.56 Å². The Kier molecular flexibility index (Phi) is 3.08. The normalized spacial score (nSPS) is 10.4. The number of hydrogen-bond donors (Lipinski definition) is 3. The van der Waals surface area contributed by atoms with Crippen molar-refractivity contribution in [3.63, 3.8) is 0 Å². The van der Waals surface area contributed by atoms with E-state index in [0.29, 0.717) is 12.4 Å². The van der Waals surface area contributed by atoms with Crippen molar-refractivity contribution >= 4 is 11.5 Å². The van der Waals surface area contributed by atoms with E-state index in [2.05, 4.69) is 20.4 Å². The zero-order valence-electron chi connectivity index (χ0n) is 9.47. The maximum atomic E-state index is 11.2. The minimum absolute atomic E-state index is 0.109. The molecule has 7 nitrogen and oxygen atoms in total. The van der Waals surface area contributed by atoms with Gasteiger partial charge >= 0.3 is 0 Å². The van der Waals surface area contributed by atoms with Crippen LogP contribution in [0.2, 0.25) is 0 Å². The molecule has 0 spiro atoms. The molecule has 0 aliphatic carbocycles. The van der Waals surface area contributed by atoms with Crippen LogP contribution in [0.5, 0.6) is 0 Å². The fraction of sp³-hybridized carbons (Fsp3) is 0.300. The van der Waals surface area contributed by atoms with Crippen LogP contribution >= 0.6 is 0 Å². The van der Waals surface area contributed by atoms with Crippen LogP contribution in [0.1, 0.15) is 5.69 Å². The Morgan fingerprint density at radius 3 is 3.12 bits per heavy atom. The molecule has 0 aliphatic heterocycles. The highest BCUT2D eigenvalue weighted by atomic mass is 16.1. The van der Waals surface area contributed by atoms with Gasteiger partial charge in [0.2, 0.25) is 0 Å². The van der Waals surface area contributed by atoms with Crippen molar-refractivity contribution in [1.82, 2.24) is 19.7 Å². The van der Waals surface area contributed by atoms with Gasteiger partial charge in [0.05, 0.1) is 6.33 Å². The molecule has 0 aliphatic rings. The molecule has 0 atom stereocenters. The van der Waals surface area contributed by atoms with Gasteiger partial charge in [-0.3, -0.25) is 9.48 Å². The summed E-state index contributed by atoms with van der Waals surface area (Å²) in [5, 5.41) is 7.09. The summed E-state index contributed by atoms with van der Waals surface area (Å²) in [6.07, 6.45) is 3.85. The second kappa shape index (κ2) is 4.69. The highest BCUT2D eigenvalue weighted by molar-refractivity contribution is 5.58. The fourth-order valence-electron chi connectivity index (χ4n) is 1.51. The maximum absolute atomic E-state index is 11.2. The van der Waals surface area contributed by atoms with Gasteiger partial charge in [-0.1, -0.05) is 0 Å². The van der Waals surface area contributed by atoms with E-state index >= 15 is 0 Å². The minimum Gasteiger partial charge on any atom is -0.391 e. The van der Waals surface area contributed by atoms with Crippen LogP contribution in [0.3, 0.4) is 0 Å². The van der Waals surface area contributed by atoms with E-state index in [-0.39, 0.29) is 11.2 Å². The zero-order valence-corrected chi connectivity index (χ0v) is 9.47. The molecule has 17 heavy (non-hydrogen) atoms. The van der Waals surface area contributed by atoms with Gasteiger partial charge in [-0.05, 0) is 6.07 Å². The minimum atomic E-state index is -0.331. The third-order valence-corrected chi connectivity index (χ3v) is 2.49. The predicted octanol–water partition coefficient (Wildman–Crippen LogP) is -0.260. The molecule has 0 fully saturated rings. The van der Waals surface area contributed by atoms with Crippen molar-refractivity contribution in [3.05, 3.63) is 34.6 Å². The van der Waals surface area contributed by atoms with Crippen molar-refractivity contribution < 1.29 is 0 Å². The summed E-state index contributed by atoms with van der Waals surface area (Å²) in [5.41, 5.74) is 6.46. The standard InChI is InChI=1S/C10H14N6O/c1-16-7(3-5-15-16)2-4-12-9-8(11)10(17)14-6-13-9/h3,5-6H,2,4,11H2,1H3,(H2,12,13,14,17). The monoisotopic (exact) mass is 234 g/mol. The second-order valence-electron chi connectivity index (χ2n) is 3.62. The number of aryl methyl sites for hydroxylation is 1.